The first kappa shape index (κ1) is 22.0. The smallest absolute Gasteiger partial charge is 0.433 e. The Balaban J connectivity index is 1.81. The van der Waals surface area contributed by atoms with Crippen LogP contribution in [0.1, 0.15) is 26.5 Å². The molecular weight excluding hydrogens is 415 g/mol. The number of rotatable bonds is 7. The van der Waals surface area contributed by atoms with E-state index in [4.69, 9.17) is 4.74 Å². The molecule has 160 valence electrons. The van der Waals surface area contributed by atoms with Crippen LogP contribution < -0.4 is 10.1 Å². The van der Waals surface area contributed by atoms with Crippen LogP contribution in [-0.4, -0.2) is 43.0 Å². The lowest BCUT2D eigenvalue weighted by Crippen LogP contribution is -2.31. The van der Waals surface area contributed by atoms with Crippen LogP contribution in [0.15, 0.2) is 36.5 Å². The average Bonchev–Trinajstić information content (AvgIpc) is 3.00. The maximum Gasteiger partial charge on any atom is 0.433 e. The number of nitrogens with one attached hydrogen (secondary N) is 1. The van der Waals surface area contributed by atoms with Crippen molar-refractivity contribution in [1.29, 1.82) is 0 Å². The SMILES string of the molecule is Cc1sc2ccc(OCc3cccnc3C(F)(F)F)cc2c1C(=O)NCCN(C)C. The summed E-state index contributed by atoms with van der Waals surface area (Å²) in [7, 11) is 3.85. The summed E-state index contributed by atoms with van der Waals surface area (Å²) < 4.78 is 45.9. The quantitative estimate of drug-likeness (QED) is 0.592. The minimum absolute atomic E-state index is 0.0479. The monoisotopic (exact) mass is 437 g/mol. The molecule has 0 bridgehead atoms. The predicted molar refractivity (Wildman–Crippen MR) is 111 cm³/mol. The van der Waals surface area contributed by atoms with Crippen LogP contribution in [0.3, 0.4) is 0 Å². The van der Waals surface area contributed by atoms with E-state index in [0.29, 0.717) is 24.4 Å². The molecule has 3 aromatic rings. The standard InChI is InChI=1S/C21H22F3N3O2S/c1-13-18(20(28)26-9-10-27(2)3)16-11-15(6-7-17(16)30-13)29-12-14-5-4-8-25-19(14)21(22,23)24/h4-8,11H,9-10,12H2,1-3H3,(H,26,28). The number of aromatic nitrogens is 1. The van der Waals surface area contributed by atoms with Crippen molar-refractivity contribution in [2.24, 2.45) is 0 Å². The summed E-state index contributed by atoms with van der Waals surface area (Å²) in [5.74, 6) is 0.212. The summed E-state index contributed by atoms with van der Waals surface area (Å²) >= 11 is 1.49. The molecule has 1 N–H and O–H groups in total. The van der Waals surface area contributed by atoms with Crippen molar-refractivity contribution in [2.75, 3.05) is 27.2 Å². The second kappa shape index (κ2) is 9.01. The molecule has 30 heavy (non-hydrogen) atoms. The number of amides is 1. The molecule has 0 spiro atoms. The lowest BCUT2D eigenvalue weighted by molar-refractivity contribution is -0.142. The van der Waals surface area contributed by atoms with E-state index in [2.05, 4.69) is 10.3 Å². The predicted octanol–water partition coefficient (Wildman–Crippen LogP) is 4.49. The van der Waals surface area contributed by atoms with Crippen LogP contribution in [0.25, 0.3) is 10.1 Å². The third kappa shape index (κ3) is 5.09. The number of aryl methyl sites for hydroxylation is 1. The zero-order chi connectivity index (χ0) is 21.9. The summed E-state index contributed by atoms with van der Waals surface area (Å²) in [6, 6.07) is 7.98. The van der Waals surface area contributed by atoms with Gasteiger partial charge in [-0.25, -0.2) is 0 Å². The van der Waals surface area contributed by atoms with Crippen LogP contribution in [0.5, 0.6) is 5.75 Å². The number of halogens is 3. The Kier molecular flexibility index (Phi) is 6.62. The first-order valence-corrected chi connectivity index (χ1v) is 10.1. The van der Waals surface area contributed by atoms with Gasteiger partial charge in [0, 0.05) is 39.8 Å². The van der Waals surface area contributed by atoms with Gasteiger partial charge in [0.15, 0.2) is 5.69 Å². The van der Waals surface area contributed by atoms with E-state index in [1.165, 1.54) is 23.5 Å². The minimum atomic E-state index is -4.55. The number of nitrogens with zero attached hydrogens (tertiary/aromatic N) is 2. The summed E-state index contributed by atoms with van der Waals surface area (Å²) in [6.07, 6.45) is -3.44. The fourth-order valence-electron chi connectivity index (χ4n) is 3.02. The number of pyridine rings is 1. The summed E-state index contributed by atoms with van der Waals surface area (Å²) in [6.45, 7) is 2.83. The maximum absolute atomic E-state index is 13.1. The van der Waals surface area contributed by atoms with Gasteiger partial charge in [-0.2, -0.15) is 13.2 Å². The van der Waals surface area contributed by atoms with Crippen molar-refractivity contribution < 1.29 is 22.7 Å². The number of thiophene rings is 1. The second-order valence-electron chi connectivity index (χ2n) is 7.05. The summed E-state index contributed by atoms with van der Waals surface area (Å²) in [5.41, 5.74) is -0.441. The van der Waals surface area contributed by atoms with Gasteiger partial charge in [0.25, 0.3) is 5.91 Å². The van der Waals surface area contributed by atoms with Crippen molar-refractivity contribution in [3.05, 3.63) is 58.2 Å². The minimum Gasteiger partial charge on any atom is -0.489 e. The van der Waals surface area contributed by atoms with Gasteiger partial charge in [-0.1, -0.05) is 6.07 Å². The van der Waals surface area contributed by atoms with Crippen LogP contribution in [0.4, 0.5) is 13.2 Å². The van der Waals surface area contributed by atoms with Crippen molar-refractivity contribution in [3.8, 4) is 5.75 Å². The topological polar surface area (TPSA) is 54.5 Å². The van der Waals surface area contributed by atoms with Gasteiger partial charge >= 0.3 is 6.18 Å². The number of benzene rings is 1. The molecule has 5 nitrogen and oxygen atoms in total. The molecule has 0 saturated carbocycles. The molecule has 0 saturated heterocycles. The molecule has 1 amide bonds. The summed E-state index contributed by atoms with van der Waals surface area (Å²) in [4.78, 5) is 18.9. The highest BCUT2D eigenvalue weighted by molar-refractivity contribution is 7.19. The van der Waals surface area contributed by atoms with Crippen molar-refractivity contribution in [2.45, 2.75) is 19.7 Å². The van der Waals surface area contributed by atoms with E-state index >= 15 is 0 Å². The lowest BCUT2D eigenvalue weighted by atomic mass is 10.1. The van der Waals surface area contributed by atoms with Gasteiger partial charge in [0.2, 0.25) is 0 Å². The Labute approximate surface area is 176 Å². The number of hydrogen-bond acceptors (Lipinski definition) is 5. The molecule has 0 fully saturated rings. The molecule has 0 aliphatic carbocycles. The van der Waals surface area contributed by atoms with E-state index < -0.39 is 11.9 Å². The molecule has 1 aromatic carbocycles. The zero-order valence-electron chi connectivity index (χ0n) is 16.8. The molecule has 3 rings (SSSR count). The van der Waals surface area contributed by atoms with Crippen LogP contribution in [0.2, 0.25) is 0 Å². The van der Waals surface area contributed by atoms with Crippen LogP contribution in [-0.2, 0) is 12.8 Å². The Morgan fingerprint density at radius 1 is 1.27 bits per heavy atom. The van der Waals surface area contributed by atoms with E-state index in [1.54, 1.807) is 12.1 Å². The number of alkyl halides is 3. The van der Waals surface area contributed by atoms with Gasteiger partial charge in [0.1, 0.15) is 12.4 Å². The van der Waals surface area contributed by atoms with E-state index in [0.717, 1.165) is 21.2 Å². The van der Waals surface area contributed by atoms with Crippen LogP contribution >= 0.6 is 11.3 Å². The fourth-order valence-corrected chi connectivity index (χ4v) is 4.07. The molecular formula is C21H22F3N3O2S. The Hall–Kier alpha value is -2.65. The number of carbonyl (C=O) groups is 1. The zero-order valence-corrected chi connectivity index (χ0v) is 17.7. The van der Waals surface area contributed by atoms with Gasteiger partial charge in [0.05, 0.1) is 5.56 Å². The highest BCUT2D eigenvalue weighted by Crippen LogP contribution is 2.34. The lowest BCUT2D eigenvalue weighted by Gasteiger charge is -2.13. The Bertz CT molecular complexity index is 1050. The molecule has 0 aliphatic rings. The van der Waals surface area contributed by atoms with Gasteiger partial charge in [-0.05, 0) is 45.3 Å². The molecule has 0 unspecified atom stereocenters. The van der Waals surface area contributed by atoms with Crippen LogP contribution in [0, 0.1) is 6.92 Å². The number of fused-ring (bicyclic) bond motifs is 1. The highest BCUT2D eigenvalue weighted by atomic mass is 32.1. The summed E-state index contributed by atoms with van der Waals surface area (Å²) in [5, 5.41) is 3.62. The molecule has 2 heterocycles. The maximum atomic E-state index is 13.1. The second-order valence-corrected chi connectivity index (χ2v) is 8.30. The first-order valence-electron chi connectivity index (χ1n) is 9.27. The fraction of sp³-hybridized carbons (Fsp3) is 0.333. The normalized spacial score (nSPS) is 11.8. The highest BCUT2D eigenvalue weighted by Gasteiger charge is 2.35. The molecule has 9 heteroatoms. The first-order chi connectivity index (χ1) is 14.2. The van der Waals surface area contributed by atoms with Gasteiger partial charge in [-0.15, -0.1) is 11.3 Å². The largest absolute Gasteiger partial charge is 0.489 e. The van der Waals surface area contributed by atoms with Crippen molar-refractivity contribution >= 4 is 27.3 Å². The number of ether oxygens (including phenoxy) is 1. The van der Waals surface area contributed by atoms with Crippen molar-refractivity contribution in [3.63, 3.8) is 0 Å². The number of likely N-dealkylation sites (N-methyl/N-ethyl adjacent to an activating group) is 1. The Morgan fingerprint density at radius 2 is 2.03 bits per heavy atom. The van der Waals surface area contributed by atoms with E-state index in [9.17, 15) is 18.0 Å². The molecule has 2 aromatic heterocycles. The van der Waals surface area contributed by atoms with E-state index in [1.807, 2.05) is 32.0 Å². The van der Waals surface area contributed by atoms with Gasteiger partial charge < -0.3 is 15.0 Å². The Morgan fingerprint density at radius 3 is 2.73 bits per heavy atom. The average molecular weight is 437 g/mol. The third-order valence-electron chi connectivity index (χ3n) is 4.46. The van der Waals surface area contributed by atoms with E-state index in [-0.39, 0.29) is 18.1 Å². The van der Waals surface area contributed by atoms with Crippen molar-refractivity contribution in [1.82, 2.24) is 15.2 Å². The molecule has 0 radical (unpaired) electrons. The molecule has 0 aliphatic heterocycles. The third-order valence-corrected chi connectivity index (χ3v) is 5.55. The number of carbonyl (C=O) groups excluding carboxylic acids is 1. The number of hydrogen-bond donors (Lipinski definition) is 1. The van der Waals surface area contributed by atoms with Gasteiger partial charge in [-0.3, -0.25) is 9.78 Å². The molecule has 0 atom stereocenters.